The van der Waals surface area contributed by atoms with E-state index in [1.165, 1.54) is 0 Å². The molecule has 4 aromatic rings. The number of aromatic nitrogens is 5. The first kappa shape index (κ1) is 22.1. The summed E-state index contributed by atoms with van der Waals surface area (Å²) in [6.45, 7) is 12.8. The Hall–Kier alpha value is -3.75. The van der Waals surface area contributed by atoms with Gasteiger partial charge in [-0.2, -0.15) is 10.1 Å². The van der Waals surface area contributed by atoms with E-state index in [1.807, 2.05) is 49.3 Å². The quantitative estimate of drug-likeness (QED) is 0.461. The number of hydrogen-bond acceptors (Lipinski definition) is 7. The summed E-state index contributed by atoms with van der Waals surface area (Å²) in [7, 11) is 0. The van der Waals surface area contributed by atoms with Crippen molar-refractivity contribution >= 4 is 23.2 Å². The van der Waals surface area contributed by atoms with Gasteiger partial charge in [-0.3, -0.25) is 4.79 Å². The summed E-state index contributed by atoms with van der Waals surface area (Å²) >= 11 is 0. The highest BCUT2D eigenvalue weighted by atomic mass is 16.4. The second-order valence-electron chi connectivity index (χ2n) is 9.84. The van der Waals surface area contributed by atoms with Gasteiger partial charge in [-0.05, 0) is 48.6 Å². The molecule has 0 radical (unpaired) electrons. The zero-order valence-electron chi connectivity index (χ0n) is 20.2. The number of fused-ring (bicyclic) bond motifs is 1. The molecule has 0 spiro atoms. The van der Waals surface area contributed by atoms with Gasteiger partial charge in [0.1, 0.15) is 0 Å². The molecule has 176 valence electrons. The fourth-order valence-electron chi connectivity index (χ4n) is 4.07. The predicted octanol–water partition coefficient (Wildman–Crippen LogP) is 3.68. The lowest BCUT2D eigenvalue weighted by Gasteiger charge is -2.33. The number of anilines is 1. The van der Waals surface area contributed by atoms with Crippen molar-refractivity contribution in [1.82, 2.24) is 29.6 Å². The van der Waals surface area contributed by atoms with Crippen LogP contribution in [0.3, 0.4) is 0 Å². The molecule has 0 N–H and O–H groups in total. The van der Waals surface area contributed by atoms with Crippen molar-refractivity contribution in [2.75, 3.05) is 31.1 Å². The highest BCUT2D eigenvalue weighted by Gasteiger charge is 2.26. The zero-order chi connectivity index (χ0) is 24.0. The molecular weight excluding hydrogens is 430 g/mol. The van der Waals surface area contributed by atoms with Crippen LogP contribution in [-0.2, 0) is 5.41 Å². The molecule has 5 rings (SSSR count). The average Bonchev–Trinajstić information content (AvgIpc) is 3.46. The fourth-order valence-corrected chi connectivity index (χ4v) is 4.07. The van der Waals surface area contributed by atoms with Crippen molar-refractivity contribution in [2.45, 2.75) is 40.0 Å². The molecule has 1 amide bonds. The van der Waals surface area contributed by atoms with E-state index >= 15 is 0 Å². The number of pyridine rings is 2. The van der Waals surface area contributed by atoms with Crippen molar-refractivity contribution in [2.24, 2.45) is 0 Å². The van der Waals surface area contributed by atoms with Crippen LogP contribution >= 0.6 is 0 Å². The molecule has 4 aromatic heterocycles. The number of carbonyl (C=O) groups is 1. The first-order valence-electron chi connectivity index (χ1n) is 11.5. The second kappa shape index (κ2) is 8.23. The van der Waals surface area contributed by atoms with Crippen LogP contribution < -0.4 is 4.90 Å². The third-order valence-electron chi connectivity index (χ3n) is 6.18. The van der Waals surface area contributed by atoms with Crippen molar-refractivity contribution in [3.63, 3.8) is 0 Å². The monoisotopic (exact) mass is 459 g/mol. The van der Waals surface area contributed by atoms with E-state index in [2.05, 4.69) is 45.7 Å². The van der Waals surface area contributed by atoms with E-state index in [4.69, 9.17) is 4.42 Å². The van der Waals surface area contributed by atoms with Crippen molar-refractivity contribution in [1.29, 1.82) is 0 Å². The van der Waals surface area contributed by atoms with Gasteiger partial charge in [0.25, 0.3) is 11.9 Å². The highest BCUT2D eigenvalue weighted by Crippen LogP contribution is 2.24. The molecule has 34 heavy (non-hydrogen) atoms. The Morgan fingerprint density at radius 3 is 2.47 bits per heavy atom. The number of piperazine rings is 1. The molecule has 9 heteroatoms. The number of oxazole rings is 1. The maximum absolute atomic E-state index is 13.2. The summed E-state index contributed by atoms with van der Waals surface area (Å²) in [6.07, 6.45) is 5.51. The number of rotatable bonds is 3. The fraction of sp³-hybridized carbons (Fsp3) is 0.400. The van der Waals surface area contributed by atoms with Crippen LogP contribution in [0.5, 0.6) is 0 Å². The van der Waals surface area contributed by atoms with Gasteiger partial charge in [0, 0.05) is 44.3 Å². The maximum atomic E-state index is 13.2. The van der Waals surface area contributed by atoms with Gasteiger partial charge in [0.05, 0.1) is 11.8 Å². The molecule has 5 heterocycles. The lowest BCUT2D eigenvalue weighted by Crippen LogP contribution is -2.49. The summed E-state index contributed by atoms with van der Waals surface area (Å²) in [4.78, 5) is 30.6. The third-order valence-corrected chi connectivity index (χ3v) is 6.18. The maximum Gasteiger partial charge on any atom is 0.300 e. The summed E-state index contributed by atoms with van der Waals surface area (Å²) in [5.74, 6) is 0.712. The van der Waals surface area contributed by atoms with Crippen LogP contribution in [0.2, 0.25) is 0 Å². The number of nitrogens with zero attached hydrogens (tertiary/aromatic N) is 7. The van der Waals surface area contributed by atoms with Crippen LogP contribution in [0.25, 0.3) is 17.0 Å². The zero-order valence-corrected chi connectivity index (χ0v) is 20.2. The van der Waals surface area contributed by atoms with Gasteiger partial charge in [-0.1, -0.05) is 20.8 Å². The van der Waals surface area contributed by atoms with Crippen molar-refractivity contribution in [3.05, 3.63) is 59.2 Å². The van der Waals surface area contributed by atoms with Crippen LogP contribution in [0.1, 0.15) is 48.0 Å². The van der Waals surface area contributed by atoms with Crippen LogP contribution in [0, 0.1) is 13.8 Å². The molecule has 0 aliphatic carbocycles. The predicted molar refractivity (Wildman–Crippen MR) is 129 cm³/mol. The van der Waals surface area contributed by atoms with Gasteiger partial charge in [-0.25, -0.2) is 14.6 Å². The molecule has 1 aliphatic rings. The molecule has 1 saturated heterocycles. The number of amides is 1. The largest absolute Gasteiger partial charge is 0.422 e. The van der Waals surface area contributed by atoms with E-state index in [0.717, 1.165) is 22.6 Å². The van der Waals surface area contributed by atoms with Gasteiger partial charge in [0.2, 0.25) is 5.65 Å². The van der Waals surface area contributed by atoms with Gasteiger partial charge in [0.15, 0.2) is 11.4 Å². The van der Waals surface area contributed by atoms with Crippen molar-refractivity contribution in [3.8, 4) is 5.82 Å². The smallest absolute Gasteiger partial charge is 0.300 e. The summed E-state index contributed by atoms with van der Waals surface area (Å²) < 4.78 is 7.64. The van der Waals surface area contributed by atoms with E-state index in [9.17, 15) is 4.79 Å². The molecule has 0 atom stereocenters. The molecule has 9 nitrogen and oxygen atoms in total. The lowest BCUT2D eigenvalue weighted by molar-refractivity contribution is 0.0744. The minimum atomic E-state index is -0.0208. The van der Waals surface area contributed by atoms with E-state index in [0.29, 0.717) is 49.0 Å². The van der Waals surface area contributed by atoms with E-state index in [1.54, 1.807) is 10.9 Å². The topological polar surface area (TPSA) is 93.2 Å². The minimum Gasteiger partial charge on any atom is -0.422 e. The summed E-state index contributed by atoms with van der Waals surface area (Å²) in [5.41, 5.74) is 4.82. The Morgan fingerprint density at radius 1 is 1.03 bits per heavy atom. The molecule has 0 unspecified atom stereocenters. The Bertz CT molecular complexity index is 1360. The van der Waals surface area contributed by atoms with Crippen LogP contribution in [-0.4, -0.2) is 61.7 Å². The van der Waals surface area contributed by atoms with Crippen molar-refractivity contribution < 1.29 is 9.21 Å². The first-order valence-corrected chi connectivity index (χ1v) is 11.5. The first-order chi connectivity index (χ1) is 16.2. The SMILES string of the molecule is Cc1ccc2oc(N3CCN(C(=O)c4cnc(-n5cc(C(C)(C)C)cn5)c(C)c4)CC3)nc2n1. The molecular formula is C25H29N7O2. The Labute approximate surface area is 198 Å². The lowest BCUT2D eigenvalue weighted by atomic mass is 9.90. The van der Waals surface area contributed by atoms with Gasteiger partial charge < -0.3 is 14.2 Å². The van der Waals surface area contributed by atoms with Crippen LogP contribution in [0.15, 0.2) is 41.2 Å². The molecule has 0 bridgehead atoms. The Morgan fingerprint density at radius 2 is 1.79 bits per heavy atom. The van der Waals surface area contributed by atoms with Crippen LogP contribution in [0.4, 0.5) is 6.01 Å². The summed E-state index contributed by atoms with van der Waals surface area (Å²) in [5, 5.41) is 4.47. The molecule has 1 aliphatic heterocycles. The second-order valence-corrected chi connectivity index (χ2v) is 9.84. The molecule has 0 aromatic carbocycles. The Balaban J connectivity index is 1.27. The number of carbonyl (C=O) groups excluding carboxylic acids is 1. The number of hydrogen-bond donors (Lipinski definition) is 0. The van der Waals surface area contributed by atoms with E-state index in [-0.39, 0.29) is 11.3 Å². The van der Waals surface area contributed by atoms with Gasteiger partial charge in [-0.15, -0.1) is 0 Å². The summed E-state index contributed by atoms with van der Waals surface area (Å²) in [6, 6.07) is 6.24. The average molecular weight is 460 g/mol. The minimum absolute atomic E-state index is 0.0115. The molecule has 1 fully saturated rings. The molecule has 0 saturated carbocycles. The highest BCUT2D eigenvalue weighted by molar-refractivity contribution is 5.94. The standard InChI is InChI=1S/C25H29N7O2/c1-16-12-18(13-26-22(16)32-15-19(14-27-32)25(3,4)5)23(33)30-8-10-31(11-9-30)24-29-21-20(34-24)7-6-17(2)28-21/h6-7,12-15H,8-11H2,1-5H3. The normalized spacial score (nSPS) is 14.7. The number of aryl methyl sites for hydroxylation is 2. The third kappa shape index (κ3) is 4.13. The Kier molecular flexibility index (Phi) is 5.34. The van der Waals surface area contributed by atoms with E-state index < -0.39 is 0 Å². The van der Waals surface area contributed by atoms with Gasteiger partial charge >= 0.3 is 0 Å².